The number of aliphatic carboxylic acids is 2. The monoisotopic (exact) mass is 414 g/mol. The first kappa shape index (κ1) is 37.0. The van der Waals surface area contributed by atoms with E-state index in [2.05, 4.69) is 13.2 Å². The van der Waals surface area contributed by atoms with Crippen molar-refractivity contribution < 1.29 is 50.4 Å². The van der Waals surface area contributed by atoms with Crippen LogP contribution in [0.3, 0.4) is 0 Å². The Balaban J connectivity index is -0.0000000789. The van der Waals surface area contributed by atoms with Crippen molar-refractivity contribution in [2.24, 2.45) is 0 Å². The maximum Gasteiger partial charge on any atom is 0.327 e. The Kier molecular flexibility index (Phi) is 58.9. The highest BCUT2D eigenvalue weighted by molar-refractivity contribution is 5.79. The SMILES string of the molecule is C=CC(=O)O.C=CC(=O)O.OCCCCO.OCCCCO.OCCCCO. The average molecular weight is 414 g/mol. The third-order valence-electron chi connectivity index (χ3n) is 2.05. The fourth-order valence-electron chi connectivity index (χ4n) is 0.671. The van der Waals surface area contributed by atoms with E-state index in [1.54, 1.807) is 0 Å². The molecule has 8 N–H and O–H groups in total. The molecule has 0 aromatic heterocycles. The highest BCUT2D eigenvalue weighted by Gasteiger charge is 1.78. The first-order chi connectivity index (χ1) is 13.3. The van der Waals surface area contributed by atoms with Crippen LogP contribution < -0.4 is 0 Å². The Hall–Kier alpha value is -1.82. The summed E-state index contributed by atoms with van der Waals surface area (Å²) in [4.78, 5) is 18.5. The zero-order valence-corrected chi connectivity index (χ0v) is 16.4. The summed E-state index contributed by atoms with van der Waals surface area (Å²) in [5.41, 5.74) is 0. The highest BCUT2D eigenvalue weighted by atomic mass is 16.4. The largest absolute Gasteiger partial charge is 0.478 e. The lowest BCUT2D eigenvalue weighted by atomic mass is 10.3. The van der Waals surface area contributed by atoms with Crippen LogP contribution in [0.4, 0.5) is 0 Å². The molecule has 10 nitrogen and oxygen atoms in total. The number of carbonyl (C=O) groups is 2. The number of unbranched alkanes of at least 4 members (excludes halogenated alkanes) is 3. The van der Waals surface area contributed by atoms with Gasteiger partial charge in [-0.2, -0.15) is 0 Å². The average Bonchev–Trinajstić information content (AvgIpc) is 2.70. The van der Waals surface area contributed by atoms with Crippen LogP contribution in [-0.4, -0.2) is 92.4 Å². The van der Waals surface area contributed by atoms with E-state index in [1.807, 2.05) is 0 Å². The Morgan fingerprint density at radius 3 is 0.643 bits per heavy atom. The predicted octanol–water partition coefficient (Wildman–Crippen LogP) is -0.232. The van der Waals surface area contributed by atoms with Crippen LogP contribution in [0.15, 0.2) is 25.3 Å². The number of carboxylic acid groups (broad SMARTS) is 2. The maximum atomic E-state index is 9.25. The Labute approximate surface area is 166 Å². The van der Waals surface area contributed by atoms with Gasteiger partial charge in [-0.1, -0.05) is 13.2 Å². The van der Waals surface area contributed by atoms with Crippen LogP contribution >= 0.6 is 0 Å². The van der Waals surface area contributed by atoms with Gasteiger partial charge in [-0.15, -0.1) is 0 Å². The van der Waals surface area contributed by atoms with E-state index in [4.69, 9.17) is 40.9 Å². The topological polar surface area (TPSA) is 196 Å². The summed E-state index contributed by atoms with van der Waals surface area (Å²) in [6, 6.07) is 0. The normalized spacial score (nSPS) is 8.07. The number of rotatable bonds is 11. The molecule has 0 radical (unpaired) electrons. The Bertz CT molecular complexity index is 260. The summed E-state index contributed by atoms with van der Waals surface area (Å²) in [6.07, 6.45) is 5.98. The number of hydrogen-bond acceptors (Lipinski definition) is 8. The molecule has 0 spiro atoms. The first-order valence-corrected chi connectivity index (χ1v) is 8.65. The molecule has 0 saturated carbocycles. The van der Waals surface area contributed by atoms with Crippen molar-refractivity contribution in [3.8, 4) is 0 Å². The van der Waals surface area contributed by atoms with Gasteiger partial charge in [0.15, 0.2) is 0 Å². The molecule has 0 saturated heterocycles. The van der Waals surface area contributed by atoms with E-state index in [0.717, 1.165) is 50.7 Å². The molecule has 0 rings (SSSR count). The molecule has 0 fully saturated rings. The van der Waals surface area contributed by atoms with Crippen molar-refractivity contribution in [3.05, 3.63) is 25.3 Å². The van der Waals surface area contributed by atoms with Crippen LogP contribution in [0.2, 0.25) is 0 Å². The summed E-state index contributed by atoms with van der Waals surface area (Å²) in [5.74, 6) is -1.96. The molecule has 0 aromatic rings. The minimum atomic E-state index is -0.981. The van der Waals surface area contributed by atoms with Crippen molar-refractivity contribution in [2.45, 2.75) is 38.5 Å². The van der Waals surface area contributed by atoms with Gasteiger partial charge < -0.3 is 40.9 Å². The number of aliphatic hydroxyl groups is 6. The molecule has 0 aliphatic carbocycles. The third kappa shape index (κ3) is 104. The van der Waals surface area contributed by atoms with Crippen LogP contribution in [0.1, 0.15) is 38.5 Å². The molecule has 0 amide bonds. The second-order valence-electron chi connectivity index (χ2n) is 4.55. The molecule has 28 heavy (non-hydrogen) atoms. The molecule has 10 heteroatoms. The molecule has 0 unspecified atom stereocenters. The minimum absolute atomic E-state index is 0.195. The lowest BCUT2D eigenvalue weighted by molar-refractivity contribution is -0.132. The molecule has 0 bridgehead atoms. The van der Waals surface area contributed by atoms with Crippen molar-refractivity contribution in [3.63, 3.8) is 0 Å². The van der Waals surface area contributed by atoms with E-state index in [1.165, 1.54) is 0 Å². The molecular weight excluding hydrogens is 376 g/mol. The van der Waals surface area contributed by atoms with E-state index in [9.17, 15) is 9.59 Å². The zero-order valence-electron chi connectivity index (χ0n) is 16.4. The standard InChI is InChI=1S/3C4H10O2.2C3H4O2/c3*5-3-1-2-4-6;2*1-2-3(4)5/h3*5-6H,1-4H2;2*2H,1H2,(H,4,5). The van der Waals surface area contributed by atoms with Crippen molar-refractivity contribution >= 4 is 11.9 Å². The maximum absolute atomic E-state index is 9.25. The summed E-state index contributed by atoms with van der Waals surface area (Å²) in [7, 11) is 0. The van der Waals surface area contributed by atoms with E-state index < -0.39 is 11.9 Å². The smallest absolute Gasteiger partial charge is 0.327 e. The van der Waals surface area contributed by atoms with Gasteiger partial charge in [0.05, 0.1) is 0 Å². The second-order valence-corrected chi connectivity index (χ2v) is 4.55. The zero-order chi connectivity index (χ0) is 23.1. The molecule has 0 heterocycles. The van der Waals surface area contributed by atoms with Gasteiger partial charge in [0.1, 0.15) is 0 Å². The van der Waals surface area contributed by atoms with Crippen molar-refractivity contribution in [1.82, 2.24) is 0 Å². The van der Waals surface area contributed by atoms with Gasteiger partial charge in [-0.3, -0.25) is 0 Å². The fraction of sp³-hybridized carbons (Fsp3) is 0.667. The summed E-state index contributed by atoms with van der Waals surface area (Å²) < 4.78 is 0. The fourth-order valence-corrected chi connectivity index (χ4v) is 0.671. The van der Waals surface area contributed by atoms with E-state index in [-0.39, 0.29) is 39.6 Å². The summed E-state index contributed by atoms with van der Waals surface area (Å²) in [5, 5.41) is 63.7. The van der Waals surface area contributed by atoms with Gasteiger partial charge in [-0.05, 0) is 38.5 Å². The Morgan fingerprint density at radius 2 is 0.607 bits per heavy atom. The quantitative estimate of drug-likeness (QED) is 0.165. The van der Waals surface area contributed by atoms with Crippen LogP contribution in [-0.2, 0) is 9.59 Å². The Morgan fingerprint density at radius 1 is 0.500 bits per heavy atom. The van der Waals surface area contributed by atoms with Gasteiger partial charge in [0, 0.05) is 51.8 Å². The van der Waals surface area contributed by atoms with Crippen LogP contribution in [0, 0.1) is 0 Å². The molecule has 170 valence electrons. The summed E-state index contributed by atoms with van der Waals surface area (Å²) >= 11 is 0. The van der Waals surface area contributed by atoms with Gasteiger partial charge in [0.2, 0.25) is 0 Å². The molecule has 0 aliphatic rings. The van der Waals surface area contributed by atoms with Crippen molar-refractivity contribution in [2.75, 3.05) is 39.6 Å². The lowest BCUT2D eigenvalue weighted by Crippen LogP contribution is -1.85. The molecule has 0 aromatic carbocycles. The number of carboxylic acids is 2. The second kappa shape index (κ2) is 44.5. The van der Waals surface area contributed by atoms with Gasteiger partial charge >= 0.3 is 11.9 Å². The first-order valence-electron chi connectivity index (χ1n) is 8.65. The predicted molar refractivity (Wildman–Crippen MR) is 106 cm³/mol. The van der Waals surface area contributed by atoms with Gasteiger partial charge in [0.25, 0.3) is 0 Å². The third-order valence-corrected chi connectivity index (χ3v) is 2.05. The van der Waals surface area contributed by atoms with E-state index >= 15 is 0 Å². The van der Waals surface area contributed by atoms with Crippen molar-refractivity contribution in [1.29, 1.82) is 0 Å². The van der Waals surface area contributed by atoms with Crippen LogP contribution in [0.5, 0.6) is 0 Å². The number of aliphatic hydroxyl groups excluding tert-OH is 6. The molecule has 0 atom stereocenters. The molecule has 0 aliphatic heterocycles. The summed E-state index contributed by atoms with van der Waals surface area (Å²) in [6.45, 7) is 7.09. The highest BCUT2D eigenvalue weighted by Crippen LogP contribution is 1.81. The van der Waals surface area contributed by atoms with Crippen LogP contribution in [0.25, 0.3) is 0 Å². The number of hydrogen-bond donors (Lipinski definition) is 8. The molecular formula is C18H38O10. The van der Waals surface area contributed by atoms with E-state index in [0.29, 0.717) is 0 Å². The van der Waals surface area contributed by atoms with Gasteiger partial charge in [-0.25, -0.2) is 9.59 Å². The minimum Gasteiger partial charge on any atom is -0.478 e. The lowest BCUT2D eigenvalue weighted by Gasteiger charge is -1.85.